The SMILES string of the molecule is N#Cc1ccc(S(=O)(=O)N2CCC(N3C(=O)CSC3=O)CC2)cc1. The molecule has 0 aliphatic carbocycles. The molecule has 0 atom stereocenters. The number of hydrogen-bond acceptors (Lipinski definition) is 6. The average molecular weight is 365 g/mol. The lowest BCUT2D eigenvalue weighted by Crippen LogP contribution is -2.48. The van der Waals surface area contributed by atoms with E-state index in [0.29, 0.717) is 18.4 Å². The van der Waals surface area contributed by atoms with Gasteiger partial charge in [-0.2, -0.15) is 9.57 Å². The van der Waals surface area contributed by atoms with E-state index < -0.39 is 10.0 Å². The summed E-state index contributed by atoms with van der Waals surface area (Å²) in [5.74, 6) is -0.0267. The first-order valence-corrected chi connectivity index (χ1v) is 9.85. The third-order valence-corrected chi connectivity index (χ3v) is 6.94. The molecule has 3 rings (SSSR count). The second kappa shape index (κ2) is 6.55. The fourth-order valence-electron chi connectivity index (χ4n) is 2.91. The van der Waals surface area contributed by atoms with Gasteiger partial charge in [-0.25, -0.2) is 8.42 Å². The monoisotopic (exact) mass is 365 g/mol. The van der Waals surface area contributed by atoms with Gasteiger partial charge in [0.1, 0.15) is 0 Å². The highest BCUT2D eigenvalue weighted by Gasteiger charge is 2.39. The molecular weight excluding hydrogens is 350 g/mol. The van der Waals surface area contributed by atoms with Crippen LogP contribution >= 0.6 is 11.8 Å². The number of carbonyl (C=O) groups is 2. The summed E-state index contributed by atoms with van der Waals surface area (Å²) in [5, 5.41) is 8.54. The van der Waals surface area contributed by atoms with Gasteiger partial charge in [-0.3, -0.25) is 14.5 Å². The van der Waals surface area contributed by atoms with Crippen molar-refractivity contribution in [2.24, 2.45) is 0 Å². The third kappa shape index (κ3) is 3.05. The van der Waals surface area contributed by atoms with E-state index in [-0.39, 0.29) is 40.9 Å². The molecule has 7 nitrogen and oxygen atoms in total. The number of thioether (sulfide) groups is 1. The van der Waals surface area contributed by atoms with Gasteiger partial charge in [-0.05, 0) is 37.1 Å². The normalized spacial score (nSPS) is 20.4. The van der Waals surface area contributed by atoms with Crippen LogP contribution in [0.1, 0.15) is 18.4 Å². The van der Waals surface area contributed by atoms with Crippen molar-refractivity contribution in [2.75, 3.05) is 18.8 Å². The van der Waals surface area contributed by atoms with Crippen molar-refractivity contribution in [1.29, 1.82) is 5.26 Å². The smallest absolute Gasteiger partial charge is 0.273 e. The Labute approximate surface area is 144 Å². The van der Waals surface area contributed by atoms with E-state index in [0.717, 1.165) is 11.8 Å². The molecule has 2 aliphatic heterocycles. The number of hydrogen-bond donors (Lipinski definition) is 0. The number of rotatable bonds is 3. The molecule has 0 N–H and O–H groups in total. The summed E-state index contributed by atoms with van der Waals surface area (Å²) in [5.41, 5.74) is 0.399. The fraction of sp³-hybridized carbons (Fsp3) is 0.400. The second-order valence-corrected chi connectivity index (χ2v) is 8.45. The molecule has 0 aromatic heterocycles. The van der Waals surface area contributed by atoms with Crippen LogP contribution in [0.3, 0.4) is 0 Å². The molecular formula is C15H15N3O4S2. The van der Waals surface area contributed by atoms with Crippen molar-refractivity contribution in [3.63, 3.8) is 0 Å². The van der Waals surface area contributed by atoms with E-state index in [9.17, 15) is 18.0 Å². The van der Waals surface area contributed by atoms with Crippen LogP contribution in [-0.2, 0) is 14.8 Å². The fourth-order valence-corrected chi connectivity index (χ4v) is 5.15. The van der Waals surface area contributed by atoms with E-state index >= 15 is 0 Å². The zero-order valence-corrected chi connectivity index (χ0v) is 14.3. The van der Waals surface area contributed by atoms with Crippen molar-refractivity contribution in [2.45, 2.75) is 23.8 Å². The summed E-state index contributed by atoms with van der Waals surface area (Å²) in [7, 11) is -3.63. The van der Waals surface area contributed by atoms with Gasteiger partial charge in [0.2, 0.25) is 15.9 Å². The molecule has 2 saturated heterocycles. The number of nitriles is 1. The zero-order valence-electron chi connectivity index (χ0n) is 12.7. The van der Waals surface area contributed by atoms with Gasteiger partial charge in [-0.1, -0.05) is 11.8 Å². The number of benzene rings is 1. The first-order chi connectivity index (χ1) is 11.4. The van der Waals surface area contributed by atoms with Crippen molar-refractivity contribution < 1.29 is 18.0 Å². The van der Waals surface area contributed by atoms with Crippen LogP contribution in [0.4, 0.5) is 4.79 Å². The third-order valence-electron chi connectivity index (χ3n) is 4.19. The molecule has 0 radical (unpaired) electrons. The molecule has 1 aromatic rings. The number of nitrogens with zero attached hydrogens (tertiary/aromatic N) is 3. The molecule has 2 aliphatic rings. The number of amides is 2. The topological polar surface area (TPSA) is 98.5 Å². The molecule has 2 fully saturated rings. The molecule has 0 spiro atoms. The van der Waals surface area contributed by atoms with Crippen molar-refractivity contribution in [1.82, 2.24) is 9.21 Å². The largest absolute Gasteiger partial charge is 0.289 e. The summed E-state index contributed by atoms with van der Waals surface area (Å²) >= 11 is 0.993. The lowest BCUT2D eigenvalue weighted by atomic mass is 10.1. The Hall–Kier alpha value is -1.89. The standard InChI is InChI=1S/C15H15N3O4S2/c16-9-11-1-3-13(4-2-11)24(21,22)17-7-5-12(6-8-17)18-14(19)10-23-15(18)20/h1-4,12H,5-8,10H2. The Morgan fingerprint density at radius 2 is 1.75 bits per heavy atom. The number of carbonyl (C=O) groups excluding carboxylic acids is 2. The van der Waals surface area contributed by atoms with E-state index in [1.807, 2.05) is 6.07 Å². The highest BCUT2D eigenvalue weighted by molar-refractivity contribution is 8.14. The summed E-state index contributed by atoms with van der Waals surface area (Å²) < 4.78 is 26.6. The van der Waals surface area contributed by atoms with Crippen LogP contribution in [0.2, 0.25) is 0 Å². The maximum Gasteiger partial charge on any atom is 0.289 e. The first kappa shape index (κ1) is 17.0. The lowest BCUT2D eigenvalue weighted by molar-refractivity contribution is -0.126. The van der Waals surface area contributed by atoms with E-state index in [4.69, 9.17) is 5.26 Å². The van der Waals surface area contributed by atoms with Crippen molar-refractivity contribution >= 4 is 32.9 Å². The van der Waals surface area contributed by atoms with Gasteiger partial charge in [0.05, 0.1) is 22.3 Å². The molecule has 1 aromatic carbocycles. The van der Waals surface area contributed by atoms with Crippen LogP contribution in [0.15, 0.2) is 29.2 Å². The summed E-state index contributed by atoms with van der Waals surface area (Å²) in [6.07, 6.45) is 0.876. The van der Waals surface area contributed by atoms with Gasteiger partial charge >= 0.3 is 0 Å². The van der Waals surface area contributed by atoms with E-state index in [2.05, 4.69) is 0 Å². The maximum absolute atomic E-state index is 12.6. The van der Waals surface area contributed by atoms with Gasteiger partial charge < -0.3 is 0 Å². The van der Waals surface area contributed by atoms with Crippen LogP contribution in [-0.4, -0.2) is 53.7 Å². The van der Waals surface area contributed by atoms with Crippen LogP contribution < -0.4 is 0 Å². The first-order valence-electron chi connectivity index (χ1n) is 7.42. The Kier molecular flexibility index (Phi) is 4.62. The maximum atomic E-state index is 12.6. The van der Waals surface area contributed by atoms with Gasteiger partial charge in [0, 0.05) is 19.1 Å². The van der Waals surface area contributed by atoms with E-state index in [1.54, 1.807) is 0 Å². The Morgan fingerprint density at radius 3 is 2.25 bits per heavy atom. The minimum absolute atomic E-state index is 0.142. The highest BCUT2D eigenvalue weighted by atomic mass is 32.2. The number of piperidine rings is 1. The Morgan fingerprint density at radius 1 is 1.12 bits per heavy atom. The average Bonchev–Trinajstić information content (AvgIpc) is 2.93. The number of imide groups is 1. The molecule has 2 amide bonds. The molecule has 0 saturated carbocycles. The van der Waals surface area contributed by atoms with Gasteiger partial charge in [0.15, 0.2) is 0 Å². The molecule has 2 heterocycles. The molecule has 0 unspecified atom stereocenters. The lowest BCUT2D eigenvalue weighted by Gasteiger charge is -2.34. The van der Waals surface area contributed by atoms with Gasteiger partial charge in [0.25, 0.3) is 5.24 Å². The minimum Gasteiger partial charge on any atom is -0.273 e. The molecule has 9 heteroatoms. The van der Waals surface area contributed by atoms with Crippen LogP contribution in [0.5, 0.6) is 0 Å². The van der Waals surface area contributed by atoms with Crippen LogP contribution in [0.25, 0.3) is 0 Å². The van der Waals surface area contributed by atoms with Crippen LogP contribution in [0, 0.1) is 11.3 Å². The molecule has 126 valence electrons. The molecule has 0 bridgehead atoms. The van der Waals surface area contributed by atoms with E-state index in [1.165, 1.54) is 33.5 Å². The Bertz CT molecular complexity index is 790. The highest BCUT2D eigenvalue weighted by Crippen LogP contribution is 2.28. The van der Waals surface area contributed by atoms with Gasteiger partial charge in [-0.15, -0.1) is 0 Å². The summed E-state index contributed by atoms with van der Waals surface area (Å²) in [6.45, 7) is 0.517. The molecule has 24 heavy (non-hydrogen) atoms. The van der Waals surface area contributed by atoms with Crippen molar-refractivity contribution in [3.8, 4) is 6.07 Å². The minimum atomic E-state index is -3.63. The summed E-state index contributed by atoms with van der Waals surface area (Å²) in [4.78, 5) is 24.9. The zero-order chi connectivity index (χ0) is 17.3. The second-order valence-electron chi connectivity index (χ2n) is 5.59. The predicted molar refractivity (Wildman–Crippen MR) is 87.6 cm³/mol. The van der Waals surface area contributed by atoms with Crippen molar-refractivity contribution in [3.05, 3.63) is 29.8 Å². The summed E-state index contributed by atoms with van der Waals surface area (Å²) in [6, 6.07) is 7.50. The predicted octanol–water partition coefficient (Wildman–Crippen LogP) is 1.41. The Balaban J connectivity index is 1.70. The quantitative estimate of drug-likeness (QED) is 0.803. The number of sulfonamides is 1.